The molecule has 1 fully saturated rings. The van der Waals surface area contributed by atoms with E-state index < -0.39 is 0 Å². The molecule has 0 amide bonds. The normalized spacial score (nSPS) is 18.9. The van der Waals surface area contributed by atoms with E-state index in [1.807, 2.05) is 0 Å². The van der Waals surface area contributed by atoms with Gasteiger partial charge in [-0.3, -0.25) is 0 Å². The van der Waals surface area contributed by atoms with E-state index in [0.29, 0.717) is 0 Å². The predicted molar refractivity (Wildman–Crippen MR) is 90.0 cm³/mol. The fourth-order valence-corrected chi connectivity index (χ4v) is 2.78. The smallest absolute Gasteiger partial charge is 0.0694 e. The van der Waals surface area contributed by atoms with E-state index in [2.05, 4.69) is 70.0 Å². The van der Waals surface area contributed by atoms with Crippen LogP contribution in [0, 0.1) is 6.92 Å². The van der Waals surface area contributed by atoms with Crippen LogP contribution in [0.3, 0.4) is 0 Å². The van der Waals surface area contributed by atoms with Crippen LogP contribution in [0.1, 0.15) is 45.7 Å². The van der Waals surface area contributed by atoms with Gasteiger partial charge in [0.05, 0.1) is 18.8 Å². The highest BCUT2D eigenvalue weighted by Gasteiger charge is 2.31. The summed E-state index contributed by atoms with van der Waals surface area (Å²) in [6.45, 7) is 16.8. The van der Waals surface area contributed by atoms with E-state index in [4.69, 9.17) is 4.74 Å². The standard InChI is InChI=1S/C18H30N2O/c1-14-7-8-16(15(11-14)12-19-17(2,3)4)20-9-10-21-13-18(20,5)6/h7-8,11,19H,9-10,12-13H2,1-6H3. The summed E-state index contributed by atoms with van der Waals surface area (Å²) < 4.78 is 5.66. The molecular weight excluding hydrogens is 260 g/mol. The van der Waals surface area contributed by atoms with Crippen molar-refractivity contribution >= 4 is 5.69 Å². The summed E-state index contributed by atoms with van der Waals surface area (Å²) in [7, 11) is 0. The van der Waals surface area contributed by atoms with Gasteiger partial charge in [0, 0.05) is 24.3 Å². The molecule has 1 saturated heterocycles. The lowest BCUT2D eigenvalue weighted by atomic mass is 9.98. The Balaban J connectivity index is 2.30. The second kappa shape index (κ2) is 5.98. The van der Waals surface area contributed by atoms with Crippen molar-refractivity contribution in [2.24, 2.45) is 0 Å². The van der Waals surface area contributed by atoms with Gasteiger partial charge in [-0.1, -0.05) is 17.7 Å². The van der Waals surface area contributed by atoms with Crippen LogP contribution in [-0.4, -0.2) is 30.8 Å². The van der Waals surface area contributed by atoms with Gasteiger partial charge in [-0.15, -0.1) is 0 Å². The predicted octanol–water partition coefficient (Wildman–Crippen LogP) is 3.50. The topological polar surface area (TPSA) is 24.5 Å². The molecule has 118 valence electrons. The molecule has 0 saturated carbocycles. The van der Waals surface area contributed by atoms with Gasteiger partial charge in [0.1, 0.15) is 0 Å². The van der Waals surface area contributed by atoms with Crippen LogP contribution in [0.4, 0.5) is 5.69 Å². The molecule has 0 aliphatic carbocycles. The lowest BCUT2D eigenvalue weighted by molar-refractivity contribution is 0.0643. The molecule has 1 aliphatic rings. The third-order valence-electron chi connectivity index (χ3n) is 3.98. The molecule has 1 aliphatic heterocycles. The van der Waals surface area contributed by atoms with Crippen molar-refractivity contribution in [1.29, 1.82) is 0 Å². The van der Waals surface area contributed by atoms with Crippen LogP contribution in [0.25, 0.3) is 0 Å². The average molecular weight is 290 g/mol. The maximum Gasteiger partial charge on any atom is 0.0694 e. The quantitative estimate of drug-likeness (QED) is 0.922. The Morgan fingerprint density at radius 3 is 2.62 bits per heavy atom. The molecule has 0 bridgehead atoms. The number of morpholine rings is 1. The lowest BCUT2D eigenvalue weighted by Crippen LogP contribution is -2.53. The minimum atomic E-state index is 0.0456. The first kappa shape index (κ1) is 16.3. The molecular formula is C18H30N2O. The van der Waals surface area contributed by atoms with E-state index in [9.17, 15) is 0 Å². The van der Waals surface area contributed by atoms with Crippen molar-refractivity contribution < 1.29 is 4.74 Å². The molecule has 21 heavy (non-hydrogen) atoms. The van der Waals surface area contributed by atoms with Gasteiger partial charge in [-0.25, -0.2) is 0 Å². The number of benzene rings is 1. The average Bonchev–Trinajstić information content (AvgIpc) is 2.36. The lowest BCUT2D eigenvalue weighted by Gasteiger charge is -2.44. The first-order valence-electron chi connectivity index (χ1n) is 7.89. The Hall–Kier alpha value is -1.06. The second-order valence-electron chi connectivity index (χ2n) is 7.75. The van der Waals surface area contributed by atoms with E-state index in [0.717, 1.165) is 26.3 Å². The number of ether oxygens (including phenoxy) is 1. The van der Waals surface area contributed by atoms with Gasteiger partial charge >= 0.3 is 0 Å². The molecule has 0 spiro atoms. The third-order valence-corrected chi connectivity index (χ3v) is 3.98. The summed E-state index contributed by atoms with van der Waals surface area (Å²) in [6.07, 6.45) is 0. The van der Waals surface area contributed by atoms with Crippen molar-refractivity contribution in [3.05, 3.63) is 29.3 Å². The Labute approximate surface area is 129 Å². The highest BCUT2D eigenvalue weighted by molar-refractivity contribution is 5.57. The Bertz CT molecular complexity index is 488. The molecule has 3 heteroatoms. The fraction of sp³-hybridized carbons (Fsp3) is 0.667. The molecule has 0 aromatic heterocycles. The molecule has 1 aromatic carbocycles. The van der Waals surface area contributed by atoms with Crippen LogP contribution >= 0.6 is 0 Å². The van der Waals surface area contributed by atoms with Gasteiger partial charge in [-0.2, -0.15) is 0 Å². The summed E-state index contributed by atoms with van der Waals surface area (Å²) in [5.41, 5.74) is 4.20. The monoisotopic (exact) mass is 290 g/mol. The number of nitrogens with one attached hydrogen (secondary N) is 1. The van der Waals surface area contributed by atoms with Crippen LogP contribution in [0.2, 0.25) is 0 Å². The van der Waals surface area contributed by atoms with Crippen molar-refractivity contribution in [1.82, 2.24) is 5.32 Å². The first-order chi connectivity index (χ1) is 9.69. The maximum atomic E-state index is 5.66. The van der Waals surface area contributed by atoms with E-state index >= 15 is 0 Å². The highest BCUT2D eigenvalue weighted by atomic mass is 16.5. The van der Waals surface area contributed by atoms with Gasteiger partial charge in [0.15, 0.2) is 0 Å². The van der Waals surface area contributed by atoms with Crippen molar-refractivity contribution in [3.8, 4) is 0 Å². The second-order valence-corrected chi connectivity index (χ2v) is 7.75. The Kier molecular flexibility index (Phi) is 4.64. The van der Waals surface area contributed by atoms with Crippen LogP contribution in [0.15, 0.2) is 18.2 Å². The van der Waals surface area contributed by atoms with Crippen LogP contribution in [0.5, 0.6) is 0 Å². The SMILES string of the molecule is Cc1ccc(N2CCOCC2(C)C)c(CNC(C)(C)C)c1. The minimum absolute atomic E-state index is 0.0456. The molecule has 2 rings (SSSR count). The molecule has 1 aromatic rings. The molecule has 3 nitrogen and oxygen atoms in total. The number of nitrogens with zero attached hydrogens (tertiary/aromatic N) is 1. The molecule has 1 heterocycles. The number of rotatable bonds is 3. The zero-order chi connectivity index (χ0) is 15.7. The van der Waals surface area contributed by atoms with Crippen molar-refractivity contribution in [2.45, 2.75) is 59.2 Å². The highest BCUT2D eigenvalue weighted by Crippen LogP contribution is 2.30. The van der Waals surface area contributed by atoms with Crippen molar-refractivity contribution in [2.75, 3.05) is 24.7 Å². The van der Waals surface area contributed by atoms with Crippen LogP contribution < -0.4 is 10.2 Å². The molecule has 0 radical (unpaired) electrons. The van der Waals surface area contributed by atoms with Gasteiger partial charge in [0.2, 0.25) is 0 Å². The van der Waals surface area contributed by atoms with E-state index in [1.165, 1.54) is 16.8 Å². The molecule has 0 unspecified atom stereocenters. The van der Waals surface area contributed by atoms with E-state index in [1.54, 1.807) is 0 Å². The summed E-state index contributed by atoms with van der Waals surface area (Å²) in [5, 5.41) is 3.61. The summed E-state index contributed by atoms with van der Waals surface area (Å²) in [5.74, 6) is 0. The minimum Gasteiger partial charge on any atom is -0.377 e. The zero-order valence-electron chi connectivity index (χ0n) is 14.4. The number of aryl methyl sites for hydroxylation is 1. The largest absolute Gasteiger partial charge is 0.377 e. The fourth-order valence-electron chi connectivity index (χ4n) is 2.78. The van der Waals surface area contributed by atoms with Crippen LogP contribution in [-0.2, 0) is 11.3 Å². The summed E-state index contributed by atoms with van der Waals surface area (Å²) in [4.78, 5) is 2.50. The molecule has 1 N–H and O–H groups in total. The third kappa shape index (κ3) is 4.21. The molecule has 0 atom stereocenters. The zero-order valence-corrected chi connectivity index (χ0v) is 14.4. The number of hydrogen-bond acceptors (Lipinski definition) is 3. The maximum absolute atomic E-state index is 5.66. The number of anilines is 1. The summed E-state index contributed by atoms with van der Waals surface area (Å²) in [6, 6.07) is 6.78. The first-order valence-corrected chi connectivity index (χ1v) is 7.89. The van der Waals surface area contributed by atoms with Crippen molar-refractivity contribution in [3.63, 3.8) is 0 Å². The Morgan fingerprint density at radius 2 is 2.00 bits per heavy atom. The number of hydrogen-bond donors (Lipinski definition) is 1. The van der Waals surface area contributed by atoms with E-state index in [-0.39, 0.29) is 11.1 Å². The van der Waals surface area contributed by atoms with Gasteiger partial charge < -0.3 is 15.0 Å². The van der Waals surface area contributed by atoms with Gasteiger partial charge in [-0.05, 0) is 53.2 Å². The summed E-state index contributed by atoms with van der Waals surface area (Å²) >= 11 is 0. The Morgan fingerprint density at radius 1 is 1.29 bits per heavy atom. The van der Waals surface area contributed by atoms with Gasteiger partial charge in [0.25, 0.3) is 0 Å².